The van der Waals surface area contributed by atoms with Crippen molar-refractivity contribution < 1.29 is 0 Å². The van der Waals surface area contributed by atoms with Crippen molar-refractivity contribution in [3.63, 3.8) is 0 Å². The van der Waals surface area contributed by atoms with E-state index < -0.39 is 0 Å². The molecule has 0 saturated carbocycles. The van der Waals surface area contributed by atoms with Crippen LogP contribution < -0.4 is 5.73 Å². The Hall–Kier alpha value is -1.78. The van der Waals surface area contributed by atoms with E-state index in [1.165, 1.54) is 0 Å². The van der Waals surface area contributed by atoms with Gasteiger partial charge in [0.25, 0.3) is 0 Å². The molecule has 2 N–H and O–H groups in total. The van der Waals surface area contributed by atoms with Crippen LogP contribution in [-0.2, 0) is 0 Å². The smallest absolute Gasteiger partial charge is 0.0798 e. The summed E-state index contributed by atoms with van der Waals surface area (Å²) in [5.41, 5.74) is 12.3. The third-order valence-corrected chi connectivity index (χ3v) is 4.29. The van der Waals surface area contributed by atoms with Gasteiger partial charge in [-0.25, -0.2) is 4.98 Å². The Morgan fingerprint density at radius 1 is 1.16 bits per heavy atom. The van der Waals surface area contributed by atoms with Crippen LogP contribution in [0.25, 0.3) is 10.9 Å². The number of hydrogen-bond donors (Lipinski definition) is 1. The highest BCUT2D eigenvalue weighted by atomic mass is 32.1. The van der Waals surface area contributed by atoms with Crippen molar-refractivity contribution in [2.75, 3.05) is 0 Å². The molecule has 4 heteroatoms. The van der Waals surface area contributed by atoms with Crippen LogP contribution in [0.5, 0.6) is 0 Å². The maximum Gasteiger partial charge on any atom is 0.0798 e. The molecule has 1 atom stereocenters. The fourth-order valence-electron chi connectivity index (χ4n) is 2.20. The van der Waals surface area contributed by atoms with Gasteiger partial charge < -0.3 is 5.73 Å². The van der Waals surface area contributed by atoms with Crippen LogP contribution in [0.4, 0.5) is 0 Å². The average Bonchev–Trinajstić information content (AvgIpc) is 2.83. The second-order valence-corrected chi connectivity index (χ2v) is 5.57. The van der Waals surface area contributed by atoms with Gasteiger partial charge in [-0.15, -0.1) is 11.3 Å². The zero-order valence-corrected chi connectivity index (χ0v) is 11.7. The molecular formula is C15H15N3S. The predicted molar refractivity (Wildman–Crippen MR) is 79.4 cm³/mol. The summed E-state index contributed by atoms with van der Waals surface area (Å²) in [5, 5.41) is 1.13. The maximum absolute atomic E-state index is 6.33. The van der Waals surface area contributed by atoms with Gasteiger partial charge in [0.2, 0.25) is 0 Å². The molecule has 0 radical (unpaired) electrons. The molecule has 0 aliphatic rings. The highest BCUT2D eigenvalue weighted by Gasteiger charge is 2.14. The van der Waals surface area contributed by atoms with Gasteiger partial charge in [0.15, 0.2) is 0 Å². The lowest BCUT2D eigenvalue weighted by atomic mass is 10.0. The van der Waals surface area contributed by atoms with E-state index in [-0.39, 0.29) is 6.04 Å². The number of fused-ring (bicyclic) bond motifs is 1. The number of rotatable bonds is 2. The Morgan fingerprint density at radius 3 is 2.74 bits per heavy atom. The number of hydrogen-bond acceptors (Lipinski definition) is 4. The van der Waals surface area contributed by atoms with E-state index in [0.29, 0.717) is 0 Å². The molecule has 96 valence electrons. The van der Waals surface area contributed by atoms with Crippen molar-refractivity contribution in [2.24, 2.45) is 5.73 Å². The van der Waals surface area contributed by atoms with Crippen LogP contribution in [0.15, 0.2) is 35.8 Å². The van der Waals surface area contributed by atoms with E-state index in [9.17, 15) is 0 Å². The Balaban J connectivity index is 2.06. The summed E-state index contributed by atoms with van der Waals surface area (Å²) in [6, 6.07) is 10.2. The van der Waals surface area contributed by atoms with Crippen LogP contribution in [-0.4, -0.2) is 9.97 Å². The number of thiazole rings is 1. The van der Waals surface area contributed by atoms with Gasteiger partial charge >= 0.3 is 0 Å². The zero-order chi connectivity index (χ0) is 13.4. The van der Waals surface area contributed by atoms with Gasteiger partial charge in [-0.1, -0.05) is 12.1 Å². The van der Waals surface area contributed by atoms with Gasteiger partial charge in [0.1, 0.15) is 0 Å². The highest BCUT2D eigenvalue weighted by Crippen LogP contribution is 2.27. The summed E-state index contributed by atoms with van der Waals surface area (Å²) in [4.78, 5) is 9.89. The van der Waals surface area contributed by atoms with Crippen molar-refractivity contribution in [1.82, 2.24) is 9.97 Å². The molecule has 0 aliphatic carbocycles. The Bertz CT molecular complexity index is 733. The first-order valence-corrected chi connectivity index (χ1v) is 7.06. The molecule has 3 aromatic rings. The topological polar surface area (TPSA) is 51.8 Å². The largest absolute Gasteiger partial charge is 0.320 e. The summed E-state index contributed by atoms with van der Waals surface area (Å²) >= 11 is 1.61. The average molecular weight is 269 g/mol. The molecule has 0 amide bonds. The lowest BCUT2D eigenvalue weighted by Crippen LogP contribution is -2.11. The quantitative estimate of drug-likeness (QED) is 0.776. The molecule has 3 nitrogen and oxygen atoms in total. The van der Waals surface area contributed by atoms with Crippen molar-refractivity contribution in [3.8, 4) is 0 Å². The van der Waals surface area contributed by atoms with Crippen molar-refractivity contribution >= 4 is 22.2 Å². The normalized spacial score (nSPS) is 12.8. The third kappa shape index (κ3) is 2.25. The van der Waals surface area contributed by atoms with Crippen LogP contribution in [0.3, 0.4) is 0 Å². The minimum atomic E-state index is -0.113. The summed E-state index contributed by atoms with van der Waals surface area (Å²) < 4.78 is 0. The molecular weight excluding hydrogens is 254 g/mol. The molecule has 0 bridgehead atoms. The minimum absolute atomic E-state index is 0.113. The molecule has 0 fully saturated rings. The molecule has 1 aromatic carbocycles. The number of aromatic nitrogens is 2. The van der Waals surface area contributed by atoms with Gasteiger partial charge in [0, 0.05) is 16.0 Å². The van der Waals surface area contributed by atoms with Gasteiger partial charge in [-0.05, 0) is 37.6 Å². The second-order valence-electron chi connectivity index (χ2n) is 4.68. The fraction of sp³-hybridized carbons (Fsp3) is 0.200. The molecule has 0 aliphatic heterocycles. The second kappa shape index (κ2) is 4.72. The Morgan fingerprint density at radius 2 is 2.00 bits per heavy atom. The summed E-state index contributed by atoms with van der Waals surface area (Å²) in [7, 11) is 0. The van der Waals surface area contributed by atoms with Crippen LogP contribution in [0, 0.1) is 13.8 Å². The Labute approximate surface area is 116 Å². The highest BCUT2D eigenvalue weighted by molar-refractivity contribution is 7.09. The zero-order valence-electron chi connectivity index (χ0n) is 10.9. The van der Waals surface area contributed by atoms with Gasteiger partial charge in [-0.3, -0.25) is 4.98 Å². The number of nitrogens with two attached hydrogens (primary N) is 1. The predicted octanol–water partition coefficient (Wildman–Crippen LogP) is 3.36. The fourth-order valence-corrected chi connectivity index (χ4v) is 3.03. The molecule has 0 saturated heterocycles. The minimum Gasteiger partial charge on any atom is -0.320 e. The van der Waals surface area contributed by atoms with Crippen molar-refractivity contribution in [2.45, 2.75) is 19.9 Å². The summed E-state index contributed by atoms with van der Waals surface area (Å²) in [6.07, 6.45) is 0. The van der Waals surface area contributed by atoms with E-state index in [4.69, 9.17) is 5.73 Å². The summed E-state index contributed by atoms with van der Waals surface area (Å²) in [6.45, 7) is 4.00. The first kappa shape index (κ1) is 12.3. The lowest BCUT2D eigenvalue weighted by Gasteiger charge is -2.12. The Kier molecular flexibility index (Phi) is 3.05. The molecule has 3 rings (SSSR count). The molecule has 0 spiro atoms. The van der Waals surface area contributed by atoms with Gasteiger partial charge in [-0.2, -0.15) is 0 Å². The SMILES string of the molecule is Cc1ccc2cc(C(N)c3scnc3C)ccc2n1. The van der Waals surface area contributed by atoms with Crippen molar-refractivity contribution in [1.29, 1.82) is 0 Å². The van der Waals surface area contributed by atoms with E-state index >= 15 is 0 Å². The third-order valence-electron chi connectivity index (χ3n) is 3.28. The van der Waals surface area contributed by atoms with Crippen LogP contribution in [0.1, 0.15) is 27.9 Å². The molecule has 19 heavy (non-hydrogen) atoms. The molecule has 2 aromatic heterocycles. The number of aryl methyl sites for hydroxylation is 2. The first-order chi connectivity index (χ1) is 9.15. The standard InChI is InChI=1S/C15H15N3S/c1-9-3-4-11-7-12(5-6-13(11)18-9)14(16)15-10(2)17-8-19-15/h3-8,14H,16H2,1-2H3. The van der Waals surface area contributed by atoms with Gasteiger partial charge in [0.05, 0.1) is 22.8 Å². The maximum atomic E-state index is 6.33. The van der Waals surface area contributed by atoms with E-state index in [0.717, 1.165) is 32.7 Å². The van der Waals surface area contributed by atoms with Crippen LogP contribution >= 0.6 is 11.3 Å². The van der Waals surface area contributed by atoms with Crippen molar-refractivity contribution in [3.05, 3.63) is 57.7 Å². The van der Waals surface area contributed by atoms with E-state index in [1.54, 1.807) is 11.3 Å². The number of benzene rings is 1. The molecule has 2 heterocycles. The summed E-state index contributed by atoms with van der Waals surface area (Å²) in [5.74, 6) is 0. The monoisotopic (exact) mass is 269 g/mol. The number of nitrogens with zero attached hydrogens (tertiary/aromatic N) is 2. The number of pyridine rings is 1. The lowest BCUT2D eigenvalue weighted by molar-refractivity contribution is 0.879. The molecule has 1 unspecified atom stereocenters. The van der Waals surface area contributed by atoms with E-state index in [1.807, 2.05) is 31.5 Å². The van der Waals surface area contributed by atoms with Crippen LogP contribution in [0.2, 0.25) is 0 Å². The van der Waals surface area contributed by atoms with E-state index in [2.05, 4.69) is 28.2 Å². The first-order valence-electron chi connectivity index (χ1n) is 6.18.